The average Bonchev–Trinajstić information content (AvgIpc) is 3.27. The summed E-state index contributed by atoms with van der Waals surface area (Å²) >= 11 is 6.48. The van der Waals surface area contributed by atoms with E-state index in [1.807, 2.05) is 38.2 Å². The summed E-state index contributed by atoms with van der Waals surface area (Å²) in [6.07, 6.45) is 1.50. The van der Waals surface area contributed by atoms with Crippen LogP contribution in [0.5, 0.6) is 5.75 Å². The number of carbonyl (C=O) groups excluding carboxylic acids is 1. The molecule has 0 radical (unpaired) electrons. The number of nitrogens with one attached hydrogen (secondary N) is 1. The van der Waals surface area contributed by atoms with Crippen molar-refractivity contribution in [2.75, 3.05) is 6.61 Å². The minimum atomic E-state index is -3.02. The van der Waals surface area contributed by atoms with Crippen LogP contribution < -0.4 is 10.1 Å². The molecule has 0 saturated carbocycles. The highest BCUT2D eigenvalue weighted by Gasteiger charge is 2.19. The van der Waals surface area contributed by atoms with Crippen LogP contribution in [-0.4, -0.2) is 38.9 Å². The first-order valence-electron chi connectivity index (χ1n) is 11.1. The van der Waals surface area contributed by atoms with Gasteiger partial charge in [0.05, 0.1) is 6.04 Å². The number of aryl methyl sites for hydroxylation is 2. The summed E-state index contributed by atoms with van der Waals surface area (Å²) in [5.41, 5.74) is 3.67. The molecule has 2 aromatic carbocycles. The monoisotopic (exact) mass is 515 g/mol. The highest BCUT2D eigenvalue weighted by molar-refractivity contribution is 6.31. The van der Waals surface area contributed by atoms with E-state index >= 15 is 0 Å². The molecule has 1 amide bonds. The van der Waals surface area contributed by atoms with Crippen molar-refractivity contribution < 1.29 is 23.0 Å². The van der Waals surface area contributed by atoms with E-state index in [2.05, 4.69) is 20.1 Å². The highest BCUT2D eigenvalue weighted by atomic mass is 35.5. The lowest BCUT2D eigenvalue weighted by atomic mass is 10.0. The van der Waals surface area contributed by atoms with Gasteiger partial charge in [-0.3, -0.25) is 4.79 Å². The Bertz CT molecular complexity index is 1400. The number of pyridine rings is 1. The maximum atomic E-state index is 12.2. The number of alkyl halides is 2. The minimum absolute atomic E-state index is 0.0940. The van der Waals surface area contributed by atoms with Gasteiger partial charge in [-0.05, 0) is 37.6 Å². The zero-order valence-corrected chi connectivity index (χ0v) is 20.6. The number of hydrogen-bond acceptors (Lipinski definition) is 6. The lowest BCUT2D eigenvalue weighted by Crippen LogP contribution is -2.31. The molecule has 1 atom stereocenters. The lowest BCUT2D eigenvalue weighted by Gasteiger charge is -2.20. The van der Waals surface area contributed by atoms with E-state index in [0.29, 0.717) is 33.2 Å². The second-order valence-electron chi connectivity index (χ2n) is 8.13. The van der Waals surface area contributed by atoms with Gasteiger partial charge in [0.25, 0.3) is 0 Å². The molecule has 8 nitrogen and oxygen atoms in total. The Hall–Kier alpha value is -3.63. The van der Waals surface area contributed by atoms with E-state index < -0.39 is 25.2 Å². The third kappa shape index (κ3) is 5.60. The van der Waals surface area contributed by atoms with Crippen LogP contribution in [-0.2, 0) is 23.2 Å². The number of benzene rings is 2. The van der Waals surface area contributed by atoms with Crippen LogP contribution in [0.1, 0.15) is 29.8 Å². The number of aromatic nitrogens is 4. The summed E-state index contributed by atoms with van der Waals surface area (Å²) < 4.78 is 36.5. The van der Waals surface area contributed by atoms with Gasteiger partial charge in [-0.15, -0.1) is 0 Å². The Balaban J connectivity index is 1.61. The van der Waals surface area contributed by atoms with Crippen LogP contribution in [0.2, 0.25) is 5.02 Å². The van der Waals surface area contributed by atoms with Crippen LogP contribution in [0.25, 0.3) is 22.3 Å². The second kappa shape index (κ2) is 11.0. The molecule has 0 bridgehead atoms. The van der Waals surface area contributed by atoms with Gasteiger partial charge >= 0.3 is 6.61 Å². The fraction of sp³-hybridized carbons (Fsp3) is 0.280. The highest BCUT2D eigenvalue weighted by Crippen LogP contribution is 2.33. The summed E-state index contributed by atoms with van der Waals surface area (Å²) in [4.78, 5) is 21.0. The van der Waals surface area contributed by atoms with Gasteiger partial charge in [-0.1, -0.05) is 35.9 Å². The quantitative estimate of drug-likeness (QED) is 0.338. The number of nitrogens with zero attached hydrogens (tertiary/aromatic N) is 4. The van der Waals surface area contributed by atoms with Gasteiger partial charge in [0.1, 0.15) is 30.8 Å². The largest absolute Gasteiger partial charge is 0.487 e. The number of carbonyl (C=O) groups is 1. The van der Waals surface area contributed by atoms with E-state index in [-0.39, 0.29) is 6.61 Å². The summed E-state index contributed by atoms with van der Waals surface area (Å²) in [5, 5.41) is 8.11. The molecule has 4 aromatic rings. The van der Waals surface area contributed by atoms with Gasteiger partial charge < -0.3 is 14.8 Å². The summed E-state index contributed by atoms with van der Waals surface area (Å²) in [7, 11) is 1.82. The van der Waals surface area contributed by atoms with Gasteiger partial charge in [0.15, 0.2) is 5.82 Å². The number of fused-ring (bicyclic) bond motifs is 1. The summed E-state index contributed by atoms with van der Waals surface area (Å²) in [6, 6.07) is 12.3. The normalized spacial score (nSPS) is 12.2. The lowest BCUT2D eigenvalue weighted by molar-refractivity contribution is -0.152. The average molecular weight is 516 g/mol. The Morgan fingerprint density at radius 3 is 2.72 bits per heavy atom. The number of hydrogen-bond donors (Lipinski definition) is 1. The molecule has 1 N–H and O–H groups in total. The fourth-order valence-electron chi connectivity index (χ4n) is 3.97. The molecular formula is C25H24ClF2N5O3. The summed E-state index contributed by atoms with van der Waals surface area (Å²) in [6.45, 7) is -0.0520. The molecule has 0 spiro atoms. The van der Waals surface area contributed by atoms with Crippen molar-refractivity contribution in [1.82, 2.24) is 25.1 Å². The Kier molecular flexibility index (Phi) is 7.76. The molecule has 11 heteroatoms. The van der Waals surface area contributed by atoms with E-state index in [9.17, 15) is 13.6 Å². The van der Waals surface area contributed by atoms with Crippen LogP contribution in [0, 0.1) is 6.92 Å². The predicted octanol–water partition coefficient (Wildman–Crippen LogP) is 4.99. The first-order valence-corrected chi connectivity index (χ1v) is 11.5. The van der Waals surface area contributed by atoms with Gasteiger partial charge in [0, 0.05) is 34.3 Å². The molecule has 0 aliphatic carbocycles. The molecule has 1 unspecified atom stereocenters. The van der Waals surface area contributed by atoms with Crippen LogP contribution in [0.4, 0.5) is 8.78 Å². The second-order valence-corrected chi connectivity index (χ2v) is 8.54. The molecule has 36 heavy (non-hydrogen) atoms. The van der Waals surface area contributed by atoms with Gasteiger partial charge in [-0.2, -0.15) is 13.9 Å². The first kappa shape index (κ1) is 25.5. The molecular weight excluding hydrogens is 492 g/mol. The van der Waals surface area contributed by atoms with E-state index in [1.165, 1.54) is 6.33 Å². The first-order chi connectivity index (χ1) is 17.2. The smallest absolute Gasteiger partial charge is 0.345 e. The minimum Gasteiger partial charge on any atom is -0.487 e. The molecule has 0 aliphatic rings. The molecule has 0 saturated heterocycles. The maximum Gasteiger partial charge on any atom is 0.345 e. The number of rotatable bonds is 9. The number of amides is 1. The van der Waals surface area contributed by atoms with Gasteiger partial charge in [0.2, 0.25) is 5.91 Å². The van der Waals surface area contributed by atoms with Crippen molar-refractivity contribution in [3.05, 3.63) is 70.6 Å². The van der Waals surface area contributed by atoms with E-state index in [1.54, 1.807) is 29.8 Å². The Morgan fingerprint density at radius 2 is 2.00 bits per heavy atom. The topological polar surface area (TPSA) is 91.2 Å². The fourth-order valence-corrected chi connectivity index (χ4v) is 4.21. The number of ether oxygens (including phenoxy) is 2. The maximum absolute atomic E-state index is 12.2. The number of para-hydroxylation sites is 1. The molecule has 0 aliphatic heterocycles. The Labute approximate surface area is 211 Å². The van der Waals surface area contributed by atoms with Crippen molar-refractivity contribution in [1.29, 1.82) is 0 Å². The van der Waals surface area contributed by atoms with Crippen molar-refractivity contribution in [3.63, 3.8) is 0 Å². The third-order valence-electron chi connectivity index (χ3n) is 5.59. The zero-order valence-electron chi connectivity index (χ0n) is 19.8. The van der Waals surface area contributed by atoms with Crippen molar-refractivity contribution >= 4 is 28.4 Å². The Morgan fingerprint density at radius 1 is 1.22 bits per heavy atom. The molecule has 4 rings (SSSR count). The zero-order chi connectivity index (χ0) is 25.8. The third-order valence-corrected chi connectivity index (χ3v) is 5.95. The van der Waals surface area contributed by atoms with Crippen LogP contribution in [0.3, 0.4) is 0 Å². The van der Waals surface area contributed by atoms with E-state index in [0.717, 1.165) is 16.6 Å². The number of halogens is 3. The SMILES string of the molecule is Cc1cc(-c2ncnn2C)c2cccc(OCc3c(Cl)cccc3C(C)NC(=O)COC(F)F)c2n1. The van der Waals surface area contributed by atoms with Gasteiger partial charge in [-0.25, -0.2) is 14.6 Å². The predicted molar refractivity (Wildman–Crippen MR) is 131 cm³/mol. The molecule has 2 aromatic heterocycles. The van der Waals surface area contributed by atoms with Crippen molar-refractivity contribution in [3.8, 4) is 17.1 Å². The van der Waals surface area contributed by atoms with E-state index in [4.69, 9.17) is 21.3 Å². The molecule has 2 heterocycles. The van der Waals surface area contributed by atoms with Crippen LogP contribution in [0.15, 0.2) is 48.8 Å². The molecule has 0 fully saturated rings. The van der Waals surface area contributed by atoms with Crippen molar-refractivity contribution in [2.45, 2.75) is 33.1 Å². The standard InChI is InChI=1S/C25H24ClF2N5O3/c1-14-10-18(24-29-13-30-33(24)3)17-7-5-9-21(23(17)31-14)35-11-19-16(6-4-8-20(19)26)15(2)32-22(34)12-36-25(27)28/h4-10,13,15,25H,11-12H2,1-3H3,(H,32,34). The van der Waals surface area contributed by atoms with Crippen LogP contribution >= 0.6 is 11.6 Å². The summed E-state index contributed by atoms with van der Waals surface area (Å²) in [5.74, 6) is 0.587. The molecule has 188 valence electrons. The van der Waals surface area contributed by atoms with Crippen molar-refractivity contribution in [2.24, 2.45) is 7.05 Å².